The zero-order valence-corrected chi connectivity index (χ0v) is 25.0. The van der Waals surface area contributed by atoms with Crippen LogP contribution in [0.15, 0.2) is 23.8 Å². The van der Waals surface area contributed by atoms with Gasteiger partial charge in [-0.15, -0.1) is 23.2 Å². The minimum Gasteiger partial charge on any atom is -0.343 e. The Morgan fingerprint density at radius 1 is 1.16 bits per heavy atom. The summed E-state index contributed by atoms with van der Waals surface area (Å²) >= 11 is 15.0. The Morgan fingerprint density at radius 2 is 1.89 bits per heavy atom. The highest BCUT2D eigenvalue weighted by Gasteiger charge is 2.77. The molecule has 4 aliphatic carbocycles. The smallest absolute Gasteiger partial charge is 0.284 e. The van der Waals surface area contributed by atoms with Crippen molar-refractivity contribution in [3.63, 3.8) is 0 Å². The zero-order chi connectivity index (χ0) is 27.7. The van der Waals surface area contributed by atoms with E-state index >= 15 is 0 Å². The predicted octanol–water partition coefficient (Wildman–Crippen LogP) is 6.73. The molecule has 5 rings (SSSR count). The molecule has 7 heteroatoms. The van der Waals surface area contributed by atoms with Crippen LogP contribution >= 0.6 is 23.2 Å². The number of fused-ring (bicyclic) bond motifs is 6. The standard InChI is InChI=1S/C31H44Cl2O5/c1-6-8-10-20(9-7-2)31(36)37-18-26(35)30(38-31)19(3)15-24-23-12-11-21-16-22(34)13-14-27(21,4)29(23,33)25(32)17-28(24,30)5/h13-14,16,19-20,23-25,36H,6-12,15,17-18H2,1-5H3/t19-,20?,23+,24+,25+,27+,28+,29+,30+,31?/m1/s1. The molecule has 38 heavy (non-hydrogen) atoms. The molecule has 0 radical (unpaired) electrons. The number of ether oxygens (including phenoxy) is 2. The second-order valence-corrected chi connectivity index (χ2v) is 14.3. The Kier molecular flexibility index (Phi) is 7.34. The number of hydrogen-bond donors (Lipinski definition) is 1. The first kappa shape index (κ1) is 28.8. The number of carbonyl (C=O) groups excluding carboxylic acids is 2. The Balaban J connectivity index is 1.56. The molecular formula is C31H44Cl2O5. The molecule has 5 aliphatic rings. The molecule has 2 unspecified atom stereocenters. The van der Waals surface area contributed by atoms with Crippen molar-refractivity contribution in [2.24, 2.45) is 34.5 Å². The van der Waals surface area contributed by atoms with E-state index in [2.05, 4.69) is 34.6 Å². The highest BCUT2D eigenvalue weighted by Crippen LogP contribution is 2.73. The molecule has 5 nitrogen and oxygen atoms in total. The summed E-state index contributed by atoms with van der Waals surface area (Å²) in [6, 6.07) is 0. The van der Waals surface area contributed by atoms with Gasteiger partial charge in [-0.3, -0.25) is 9.59 Å². The van der Waals surface area contributed by atoms with E-state index in [4.69, 9.17) is 32.7 Å². The molecule has 1 heterocycles. The first-order chi connectivity index (χ1) is 17.8. The third-order valence-corrected chi connectivity index (χ3v) is 12.9. The first-order valence-electron chi connectivity index (χ1n) is 14.7. The monoisotopic (exact) mass is 566 g/mol. The molecule has 4 fully saturated rings. The quantitative estimate of drug-likeness (QED) is 0.361. The van der Waals surface area contributed by atoms with Crippen molar-refractivity contribution >= 4 is 34.8 Å². The Morgan fingerprint density at radius 3 is 2.58 bits per heavy atom. The van der Waals surface area contributed by atoms with E-state index < -0.39 is 32.7 Å². The Labute approximate surface area is 237 Å². The van der Waals surface area contributed by atoms with Gasteiger partial charge in [0.1, 0.15) is 12.2 Å². The third kappa shape index (κ3) is 3.67. The number of unbranched alkanes of at least 4 members (excludes halogenated alkanes) is 1. The molecule has 1 spiro atoms. The molecular weight excluding hydrogens is 523 g/mol. The van der Waals surface area contributed by atoms with Gasteiger partial charge in [0.2, 0.25) is 0 Å². The number of hydrogen-bond acceptors (Lipinski definition) is 5. The topological polar surface area (TPSA) is 72.8 Å². The number of ketones is 2. The normalized spacial score (nSPS) is 48.9. The van der Waals surface area contributed by atoms with Crippen LogP contribution in [0.25, 0.3) is 0 Å². The van der Waals surface area contributed by atoms with E-state index in [1.807, 2.05) is 6.08 Å². The second-order valence-electron chi connectivity index (χ2n) is 13.2. The summed E-state index contributed by atoms with van der Waals surface area (Å²) in [7, 11) is 0. The lowest BCUT2D eigenvalue weighted by Crippen LogP contribution is -2.71. The maximum atomic E-state index is 13.9. The first-order valence-corrected chi connectivity index (χ1v) is 15.5. The van der Waals surface area contributed by atoms with Crippen LogP contribution in [-0.4, -0.2) is 45.1 Å². The van der Waals surface area contributed by atoms with Gasteiger partial charge >= 0.3 is 0 Å². The third-order valence-electron chi connectivity index (χ3n) is 11.3. The molecule has 0 aromatic carbocycles. The minimum absolute atomic E-state index is 0.00148. The second kappa shape index (κ2) is 9.69. The average Bonchev–Trinajstić information content (AvgIpc) is 3.07. The summed E-state index contributed by atoms with van der Waals surface area (Å²) in [6.45, 7) is 10.4. The van der Waals surface area contributed by atoms with Gasteiger partial charge in [0, 0.05) is 16.7 Å². The number of halogens is 2. The summed E-state index contributed by atoms with van der Waals surface area (Å²) in [5.74, 6) is -2.11. The number of rotatable bonds is 6. The van der Waals surface area contributed by atoms with E-state index in [1.54, 1.807) is 12.2 Å². The highest BCUT2D eigenvalue weighted by atomic mass is 35.5. The zero-order valence-electron chi connectivity index (χ0n) is 23.5. The average molecular weight is 568 g/mol. The lowest BCUT2D eigenvalue weighted by atomic mass is 9.46. The minimum atomic E-state index is -1.80. The number of aliphatic hydroxyl groups is 1. The number of alkyl halides is 2. The van der Waals surface area contributed by atoms with Crippen LogP contribution in [0, 0.1) is 34.5 Å². The fraction of sp³-hybridized carbons (Fsp3) is 0.806. The van der Waals surface area contributed by atoms with Gasteiger partial charge < -0.3 is 14.6 Å². The van der Waals surface area contributed by atoms with Crippen LogP contribution in [-0.2, 0) is 19.1 Å². The molecule has 1 N–H and O–H groups in total. The summed E-state index contributed by atoms with van der Waals surface area (Å²) in [4.78, 5) is 25.4. The summed E-state index contributed by atoms with van der Waals surface area (Å²) in [5.41, 5.74) is -1.28. The van der Waals surface area contributed by atoms with Crippen LogP contribution < -0.4 is 0 Å². The van der Waals surface area contributed by atoms with Crippen LogP contribution in [0.3, 0.4) is 0 Å². The Bertz CT molecular complexity index is 1060. The fourth-order valence-electron chi connectivity index (χ4n) is 9.38. The van der Waals surface area contributed by atoms with Crippen molar-refractivity contribution in [3.05, 3.63) is 23.8 Å². The van der Waals surface area contributed by atoms with E-state index in [0.717, 1.165) is 56.9 Å². The fourth-order valence-corrected chi connectivity index (χ4v) is 10.6. The van der Waals surface area contributed by atoms with E-state index in [1.165, 1.54) is 0 Å². The Hall–Kier alpha value is -0.720. The molecule has 1 aliphatic heterocycles. The maximum Gasteiger partial charge on any atom is 0.284 e. The summed E-state index contributed by atoms with van der Waals surface area (Å²) in [5, 5.41) is 11.5. The number of Topliss-reactive ketones (excluding diaryl/α,β-unsaturated/α-hetero) is 1. The van der Waals surface area contributed by atoms with Crippen molar-refractivity contribution in [3.8, 4) is 0 Å². The molecule has 10 atom stereocenters. The van der Waals surface area contributed by atoms with Crippen molar-refractivity contribution in [2.75, 3.05) is 6.61 Å². The predicted molar refractivity (Wildman–Crippen MR) is 149 cm³/mol. The summed E-state index contributed by atoms with van der Waals surface area (Å²) in [6.07, 6.45) is 12.6. The van der Waals surface area contributed by atoms with Gasteiger partial charge in [0.25, 0.3) is 5.97 Å². The number of allylic oxidation sites excluding steroid dienone is 4. The molecule has 212 valence electrons. The highest BCUT2D eigenvalue weighted by molar-refractivity contribution is 6.34. The molecule has 0 aromatic heterocycles. The van der Waals surface area contributed by atoms with Crippen molar-refractivity contribution < 1.29 is 24.2 Å². The van der Waals surface area contributed by atoms with Gasteiger partial charge in [0.05, 0.1) is 10.3 Å². The van der Waals surface area contributed by atoms with Gasteiger partial charge in [-0.25, -0.2) is 0 Å². The van der Waals surface area contributed by atoms with Gasteiger partial charge in [-0.1, -0.05) is 65.5 Å². The molecule has 0 amide bonds. The van der Waals surface area contributed by atoms with Crippen molar-refractivity contribution in [2.45, 2.75) is 114 Å². The summed E-state index contributed by atoms with van der Waals surface area (Å²) < 4.78 is 12.6. The van der Waals surface area contributed by atoms with Crippen LogP contribution in [0.1, 0.15) is 92.4 Å². The van der Waals surface area contributed by atoms with Crippen LogP contribution in [0.2, 0.25) is 0 Å². The van der Waals surface area contributed by atoms with Gasteiger partial charge in [-0.05, 0) is 68.4 Å². The van der Waals surface area contributed by atoms with Crippen LogP contribution in [0.5, 0.6) is 0 Å². The maximum absolute atomic E-state index is 13.9. The molecule has 0 aromatic rings. The largest absolute Gasteiger partial charge is 0.343 e. The molecule has 3 saturated carbocycles. The number of carbonyl (C=O) groups is 2. The van der Waals surface area contributed by atoms with E-state index in [9.17, 15) is 14.7 Å². The van der Waals surface area contributed by atoms with Gasteiger partial charge in [0.15, 0.2) is 11.6 Å². The van der Waals surface area contributed by atoms with Crippen molar-refractivity contribution in [1.82, 2.24) is 0 Å². The van der Waals surface area contributed by atoms with Gasteiger partial charge in [-0.2, -0.15) is 0 Å². The van der Waals surface area contributed by atoms with E-state index in [0.29, 0.717) is 6.42 Å². The molecule has 0 bridgehead atoms. The SMILES string of the molecule is CCCCC(CCC)C1(O)OCC(=O)[C@@]2(O1)[C@H](C)C[C@H]1[C@@H]3CCC4=CC(=O)C=C[C@]4(C)[C@@]3(Cl)[C@@H](Cl)C[C@@]12C. The van der Waals surface area contributed by atoms with E-state index in [-0.39, 0.29) is 41.8 Å². The lowest BCUT2D eigenvalue weighted by molar-refractivity contribution is -0.440. The molecule has 1 saturated heterocycles. The lowest BCUT2D eigenvalue weighted by Gasteiger charge is -2.65. The van der Waals surface area contributed by atoms with Crippen molar-refractivity contribution in [1.29, 1.82) is 0 Å². The van der Waals surface area contributed by atoms with Crippen LogP contribution in [0.4, 0.5) is 0 Å².